The van der Waals surface area contributed by atoms with Crippen molar-refractivity contribution in [1.29, 1.82) is 0 Å². The van der Waals surface area contributed by atoms with Gasteiger partial charge in [0.25, 0.3) is 0 Å². The number of rotatable bonds is 2. The summed E-state index contributed by atoms with van der Waals surface area (Å²) in [5.74, 6) is -0.559. The first-order valence-corrected chi connectivity index (χ1v) is 6.99. The number of esters is 1. The van der Waals surface area contributed by atoms with Gasteiger partial charge in [-0.2, -0.15) is 5.10 Å². The van der Waals surface area contributed by atoms with Crippen LogP contribution in [0, 0.1) is 0 Å². The lowest BCUT2D eigenvalue weighted by molar-refractivity contribution is -0.158. The number of carbonyl (C=O) groups excluding carboxylic acids is 1. The first kappa shape index (κ1) is 14.7. The van der Waals surface area contributed by atoms with Gasteiger partial charge in [0.1, 0.15) is 5.69 Å². The molecule has 2 aromatic rings. The highest BCUT2D eigenvalue weighted by Crippen LogP contribution is 2.33. The van der Waals surface area contributed by atoms with Gasteiger partial charge < -0.3 is 9.84 Å². The monoisotopic (exact) mass is 320 g/mol. The number of carbonyl (C=O) groups is 1. The van der Waals surface area contributed by atoms with Gasteiger partial charge >= 0.3 is 5.97 Å². The SMILES string of the molecule is CCOC(=O)C1(O)C=NN(C)c2nc3ccc(Cl)cc3nc21. The molecule has 1 aromatic heterocycles. The Morgan fingerprint density at radius 3 is 2.91 bits per heavy atom. The minimum Gasteiger partial charge on any atom is -0.463 e. The van der Waals surface area contributed by atoms with Gasteiger partial charge in [-0.05, 0) is 25.1 Å². The van der Waals surface area contributed by atoms with E-state index in [9.17, 15) is 9.90 Å². The summed E-state index contributed by atoms with van der Waals surface area (Å²) in [4.78, 5) is 20.9. The standard InChI is InChI=1S/C14H13ClN4O3/c1-3-22-13(20)14(21)7-16-19(2)12-11(14)17-10-6-8(15)4-5-9(10)18-12/h4-7,21H,3H2,1-2H3. The highest BCUT2D eigenvalue weighted by molar-refractivity contribution is 6.31. The Hall–Kier alpha value is -2.25. The lowest BCUT2D eigenvalue weighted by atomic mass is 9.99. The number of fused-ring (bicyclic) bond motifs is 2. The van der Waals surface area contributed by atoms with E-state index in [1.165, 1.54) is 5.01 Å². The second-order valence-electron chi connectivity index (χ2n) is 4.78. The minimum atomic E-state index is -2.07. The van der Waals surface area contributed by atoms with Gasteiger partial charge in [-0.15, -0.1) is 0 Å². The molecule has 0 fully saturated rings. The van der Waals surface area contributed by atoms with Gasteiger partial charge in [0.2, 0.25) is 5.60 Å². The van der Waals surface area contributed by atoms with Crippen LogP contribution in [0.5, 0.6) is 0 Å². The lowest BCUT2D eigenvalue weighted by Crippen LogP contribution is -2.44. The molecule has 1 N–H and O–H groups in total. The maximum atomic E-state index is 12.1. The van der Waals surface area contributed by atoms with E-state index < -0.39 is 11.6 Å². The first-order valence-electron chi connectivity index (χ1n) is 6.62. The Morgan fingerprint density at radius 2 is 2.18 bits per heavy atom. The van der Waals surface area contributed by atoms with E-state index in [1.54, 1.807) is 32.2 Å². The molecule has 7 nitrogen and oxygen atoms in total. The molecule has 0 radical (unpaired) electrons. The fraction of sp³-hybridized carbons (Fsp3) is 0.286. The number of halogens is 1. The lowest BCUT2D eigenvalue weighted by Gasteiger charge is -2.29. The zero-order valence-corrected chi connectivity index (χ0v) is 12.7. The Morgan fingerprint density at radius 1 is 1.41 bits per heavy atom. The molecule has 0 saturated heterocycles. The first-order chi connectivity index (χ1) is 10.5. The Labute approximate surface area is 131 Å². The Balaban J connectivity index is 2.24. The molecule has 0 amide bonds. The fourth-order valence-electron chi connectivity index (χ4n) is 2.18. The van der Waals surface area contributed by atoms with Crippen LogP contribution in [0.4, 0.5) is 5.82 Å². The van der Waals surface area contributed by atoms with Crippen LogP contribution in [-0.4, -0.2) is 40.9 Å². The third-order valence-corrected chi connectivity index (χ3v) is 3.51. The van der Waals surface area contributed by atoms with E-state index in [4.69, 9.17) is 16.3 Å². The average Bonchev–Trinajstić information content (AvgIpc) is 2.50. The summed E-state index contributed by atoms with van der Waals surface area (Å²) in [6, 6.07) is 5.01. The molecule has 114 valence electrons. The summed E-state index contributed by atoms with van der Waals surface area (Å²) in [5, 5.41) is 16.6. The van der Waals surface area contributed by atoms with E-state index in [-0.39, 0.29) is 18.1 Å². The van der Waals surface area contributed by atoms with Gasteiger partial charge in [-0.25, -0.2) is 19.8 Å². The number of benzene rings is 1. The van der Waals surface area contributed by atoms with E-state index in [0.717, 1.165) is 6.21 Å². The molecule has 1 aromatic carbocycles. The summed E-state index contributed by atoms with van der Waals surface area (Å²) in [6.07, 6.45) is 1.10. The second kappa shape index (κ2) is 5.19. The summed E-state index contributed by atoms with van der Waals surface area (Å²) in [6.45, 7) is 1.78. The third kappa shape index (κ3) is 2.18. The van der Waals surface area contributed by atoms with Gasteiger partial charge in [0, 0.05) is 12.1 Å². The van der Waals surface area contributed by atoms with Crippen LogP contribution >= 0.6 is 11.6 Å². The van der Waals surface area contributed by atoms with Gasteiger partial charge in [0.05, 0.1) is 23.9 Å². The highest BCUT2D eigenvalue weighted by Gasteiger charge is 2.45. The summed E-state index contributed by atoms with van der Waals surface area (Å²) in [5.41, 5.74) is -0.948. The molecule has 22 heavy (non-hydrogen) atoms. The topological polar surface area (TPSA) is 87.9 Å². The van der Waals surface area contributed by atoms with Crippen LogP contribution in [0.25, 0.3) is 11.0 Å². The van der Waals surface area contributed by atoms with Crippen LogP contribution in [0.3, 0.4) is 0 Å². The molecule has 0 aliphatic carbocycles. The number of hydrazone groups is 1. The predicted molar refractivity (Wildman–Crippen MR) is 82.0 cm³/mol. The molecule has 1 unspecified atom stereocenters. The normalized spacial score (nSPS) is 20.1. The molecule has 0 saturated carbocycles. The third-order valence-electron chi connectivity index (χ3n) is 3.28. The van der Waals surface area contributed by atoms with Crippen LogP contribution in [0.1, 0.15) is 12.6 Å². The van der Waals surface area contributed by atoms with Gasteiger partial charge in [-0.1, -0.05) is 11.6 Å². The summed E-state index contributed by atoms with van der Waals surface area (Å²) in [7, 11) is 1.65. The molecule has 1 atom stereocenters. The fourth-order valence-corrected chi connectivity index (χ4v) is 2.34. The zero-order valence-electron chi connectivity index (χ0n) is 11.9. The Kier molecular flexibility index (Phi) is 3.46. The number of anilines is 1. The Bertz CT molecular complexity index is 795. The molecular formula is C14H13ClN4O3. The van der Waals surface area contributed by atoms with Gasteiger partial charge in [0.15, 0.2) is 5.82 Å². The van der Waals surface area contributed by atoms with Crippen LogP contribution in [-0.2, 0) is 15.1 Å². The largest absolute Gasteiger partial charge is 0.463 e. The zero-order chi connectivity index (χ0) is 15.9. The summed E-state index contributed by atoms with van der Waals surface area (Å²) >= 11 is 5.96. The molecule has 1 aliphatic rings. The quantitative estimate of drug-likeness (QED) is 0.843. The van der Waals surface area contributed by atoms with E-state index in [2.05, 4.69) is 15.1 Å². The molecule has 1 aliphatic heterocycles. The number of aromatic nitrogens is 2. The number of ether oxygens (including phenoxy) is 1. The molecular weight excluding hydrogens is 308 g/mol. The molecule has 0 spiro atoms. The maximum absolute atomic E-state index is 12.1. The van der Waals surface area contributed by atoms with Gasteiger partial charge in [-0.3, -0.25) is 0 Å². The van der Waals surface area contributed by atoms with Crippen molar-refractivity contribution in [2.24, 2.45) is 5.10 Å². The van der Waals surface area contributed by atoms with Crippen molar-refractivity contribution in [3.63, 3.8) is 0 Å². The molecule has 8 heteroatoms. The van der Waals surface area contributed by atoms with Crippen molar-refractivity contribution >= 4 is 40.6 Å². The molecule has 0 bridgehead atoms. The van der Waals surface area contributed by atoms with E-state index in [0.29, 0.717) is 16.1 Å². The molecule has 3 rings (SSSR count). The number of hydrogen-bond acceptors (Lipinski definition) is 7. The number of aliphatic hydroxyl groups is 1. The van der Waals surface area contributed by atoms with E-state index in [1.807, 2.05) is 0 Å². The van der Waals surface area contributed by atoms with Crippen molar-refractivity contribution in [2.75, 3.05) is 18.7 Å². The van der Waals surface area contributed by atoms with Crippen molar-refractivity contribution in [3.8, 4) is 0 Å². The number of hydrogen-bond donors (Lipinski definition) is 1. The maximum Gasteiger partial charge on any atom is 0.350 e. The second-order valence-corrected chi connectivity index (χ2v) is 5.22. The minimum absolute atomic E-state index is 0.0678. The van der Waals surface area contributed by atoms with Crippen LogP contribution < -0.4 is 5.01 Å². The van der Waals surface area contributed by atoms with Crippen molar-refractivity contribution in [2.45, 2.75) is 12.5 Å². The smallest absolute Gasteiger partial charge is 0.350 e. The highest BCUT2D eigenvalue weighted by atomic mass is 35.5. The van der Waals surface area contributed by atoms with Crippen LogP contribution in [0.2, 0.25) is 5.02 Å². The van der Waals surface area contributed by atoms with Crippen molar-refractivity contribution < 1.29 is 14.6 Å². The van der Waals surface area contributed by atoms with Crippen LogP contribution in [0.15, 0.2) is 23.3 Å². The summed E-state index contributed by atoms with van der Waals surface area (Å²) < 4.78 is 4.92. The number of nitrogens with zero attached hydrogens (tertiary/aromatic N) is 4. The van der Waals surface area contributed by atoms with E-state index >= 15 is 0 Å². The van der Waals surface area contributed by atoms with Crippen molar-refractivity contribution in [1.82, 2.24) is 9.97 Å². The van der Waals surface area contributed by atoms with Crippen molar-refractivity contribution in [3.05, 3.63) is 28.9 Å². The molecule has 2 heterocycles. The average molecular weight is 321 g/mol. The predicted octanol–water partition coefficient (Wildman–Crippen LogP) is 1.47.